The molecule has 1 N–H and O–H groups in total. The molecule has 1 aromatic carbocycles. The van der Waals surface area contributed by atoms with Crippen molar-refractivity contribution < 1.29 is 8.78 Å². The molecule has 0 aliphatic heterocycles. The van der Waals surface area contributed by atoms with E-state index in [1.54, 1.807) is 0 Å². The van der Waals surface area contributed by atoms with Crippen molar-refractivity contribution in [2.75, 3.05) is 0 Å². The second-order valence-corrected chi connectivity index (χ2v) is 4.77. The predicted octanol–water partition coefficient (Wildman–Crippen LogP) is 3.80. The Labute approximate surface area is 95.9 Å². The van der Waals surface area contributed by atoms with Crippen molar-refractivity contribution in [2.45, 2.75) is 45.7 Å². The summed E-state index contributed by atoms with van der Waals surface area (Å²) in [5.74, 6) is -1.03. The normalized spacial score (nSPS) is 13.9. The third kappa shape index (κ3) is 3.27. The SMILES string of the molecule is CCC(C)(C)N[C@@H](C)c1ccc(F)cc1F. The van der Waals surface area contributed by atoms with Gasteiger partial charge in [-0.05, 0) is 33.3 Å². The predicted molar refractivity (Wildman–Crippen MR) is 62.3 cm³/mol. The quantitative estimate of drug-likeness (QED) is 0.824. The molecule has 0 fully saturated rings. The van der Waals surface area contributed by atoms with Crippen LogP contribution in [0.1, 0.15) is 45.7 Å². The van der Waals surface area contributed by atoms with Gasteiger partial charge in [-0.15, -0.1) is 0 Å². The molecule has 1 rings (SSSR count). The molecule has 1 nitrogen and oxygen atoms in total. The van der Waals surface area contributed by atoms with Crippen LogP contribution in [-0.4, -0.2) is 5.54 Å². The lowest BCUT2D eigenvalue weighted by Gasteiger charge is -2.29. The molecule has 1 atom stereocenters. The highest BCUT2D eigenvalue weighted by Crippen LogP contribution is 2.21. The summed E-state index contributed by atoms with van der Waals surface area (Å²) >= 11 is 0. The van der Waals surface area contributed by atoms with Gasteiger partial charge in [0.15, 0.2) is 0 Å². The summed E-state index contributed by atoms with van der Waals surface area (Å²) < 4.78 is 26.3. The van der Waals surface area contributed by atoms with Gasteiger partial charge >= 0.3 is 0 Å². The lowest BCUT2D eigenvalue weighted by Crippen LogP contribution is -2.40. The zero-order valence-electron chi connectivity index (χ0n) is 10.3. The zero-order valence-corrected chi connectivity index (χ0v) is 10.3. The van der Waals surface area contributed by atoms with Crippen LogP contribution in [0.3, 0.4) is 0 Å². The van der Waals surface area contributed by atoms with Crippen LogP contribution in [0.15, 0.2) is 18.2 Å². The first-order chi connectivity index (χ1) is 7.35. The van der Waals surface area contributed by atoms with Gasteiger partial charge in [-0.2, -0.15) is 0 Å². The third-order valence-corrected chi connectivity index (χ3v) is 2.92. The Morgan fingerprint density at radius 3 is 2.44 bits per heavy atom. The van der Waals surface area contributed by atoms with Crippen molar-refractivity contribution in [2.24, 2.45) is 0 Å². The number of rotatable bonds is 4. The summed E-state index contributed by atoms with van der Waals surface area (Å²) in [6, 6.07) is 3.58. The average molecular weight is 227 g/mol. The van der Waals surface area contributed by atoms with Crippen LogP contribution in [0.5, 0.6) is 0 Å². The smallest absolute Gasteiger partial charge is 0.130 e. The van der Waals surface area contributed by atoms with Crippen LogP contribution < -0.4 is 5.32 Å². The van der Waals surface area contributed by atoms with Gasteiger partial charge in [-0.25, -0.2) is 8.78 Å². The van der Waals surface area contributed by atoms with Crippen LogP contribution in [0.4, 0.5) is 8.78 Å². The van der Waals surface area contributed by atoms with Crippen molar-refractivity contribution >= 4 is 0 Å². The van der Waals surface area contributed by atoms with E-state index in [9.17, 15) is 8.78 Å². The van der Waals surface area contributed by atoms with E-state index in [0.29, 0.717) is 5.56 Å². The maximum Gasteiger partial charge on any atom is 0.130 e. The number of nitrogens with one attached hydrogen (secondary N) is 1. The van der Waals surface area contributed by atoms with Gasteiger partial charge in [-0.3, -0.25) is 0 Å². The van der Waals surface area contributed by atoms with Crippen LogP contribution in [0.2, 0.25) is 0 Å². The van der Waals surface area contributed by atoms with Crippen molar-refractivity contribution in [1.29, 1.82) is 0 Å². The highest BCUT2D eigenvalue weighted by atomic mass is 19.1. The van der Waals surface area contributed by atoms with Gasteiger partial charge in [-0.1, -0.05) is 13.0 Å². The standard InChI is InChI=1S/C13H19F2N/c1-5-13(3,4)16-9(2)11-7-6-10(14)8-12(11)15/h6-9,16H,5H2,1-4H3/t9-/m0/s1. The fourth-order valence-electron chi connectivity index (χ4n) is 1.62. The first-order valence-electron chi connectivity index (χ1n) is 5.58. The monoisotopic (exact) mass is 227 g/mol. The van der Waals surface area contributed by atoms with Gasteiger partial charge in [0.25, 0.3) is 0 Å². The fraction of sp³-hybridized carbons (Fsp3) is 0.538. The average Bonchev–Trinajstić information content (AvgIpc) is 2.16. The number of halogens is 2. The van der Waals surface area contributed by atoms with E-state index >= 15 is 0 Å². The minimum Gasteiger partial charge on any atom is -0.305 e. The minimum absolute atomic E-state index is 0.0553. The highest BCUT2D eigenvalue weighted by molar-refractivity contribution is 5.22. The molecule has 16 heavy (non-hydrogen) atoms. The van der Waals surface area contributed by atoms with Crippen molar-refractivity contribution in [3.8, 4) is 0 Å². The Balaban J connectivity index is 2.84. The summed E-state index contributed by atoms with van der Waals surface area (Å²) in [6.45, 7) is 8.07. The second-order valence-electron chi connectivity index (χ2n) is 4.77. The molecule has 0 saturated heterocycles. The van der Waals surface area contributed by atoms with Crippen molar-refractivity contribution in [3.05, 3.63) is 35.4 Å². The van der Waals surface area contributed by atoms with Gasteiger partial charge in [0, 0.05) is 23.2 Å². The summed E-state index contributed by atoms with van der Waals surface area (Å²) in [5.41, 5.74) is 0.447. The topological polar surface area (TPSA) is 12.0 Å². The maximum atomic E-state index is 13.5. The number of benzene rings is 1. The van der Waals surface area contributed by atoms with E-state index in [-0.39, 0.29) is 11.6 Å². The van der Waals surface area contributed by atoms with E-state index < -0.39 is 11.6 Å². The van der Waals surface area contributed by atoms with Crippen molar-refractivity contribution in [3.63, 3.8) is 0 Å². The van der Waals surface area contributed by atoms with E-state index in [1.807, 2.05) is 6.92 Å². The summed E-state index contributed by atoms with van der Waals surface area (Å²) in [5, 5.41) is 3.32. The van der Waals surface area contributed by atoms with Crippen LogP contribution >= 0.6 is 0 Å². The molecule has 0 unspecified atom stereocenters. The molecular weight excluding hydrogens is 208 g/mol. The number of hydrogen-bond acceptors (Lipinski definition) is 1. The van der Waals surface area contributed by atoms with E-state index in [2.05, 4.69) is 26.1 Å². The van der Waals surface area contributed by atoms with E-state index in [0.717, 1.165) is 12.5 Å². The lowest BCUT2D eigenvalue weighted by molar-refractivity contribution is 0.333. The first-order valence-corrected chi connectivity index (χ1v) is 5.58. The van der Waals surface area contributed by atoms with Crippen molar-refractivity contribution in [1.82, 2.24) is 5.32 Å². The molecule has 0 heterocycles. The largest absolute Gasteiger partial charge is 0.305 e. The van der Waals surface area contributed by atoms with Crippen LogP contribution in [-0.2, 0) is 0 Å². The van der Waals surface area contributed by atoms with Gasteiger partial charge < -0.3 is 5.32 Å². The van der Waals surface area contributed by atoms with Gasteiger partial charge in [0.1, 0.15) is 11.6 Å². The lowest BCUT2D eigenvalue weighted by atomic mass is 9.98. The zero-order chi connectivity index (χ0) is 12.3. The fourth-order valence-corrected chi connectivity index (χ4v) is 1.62. The summed E-state index contributed by atoms with van der Waals surface area (Å²) in [6.07, 6.45) is 0.945. The van der Waals surface area contributed by atoms with E-state index in [4.69, 9.17) is 0 Å². The van der Waals surface area contributed by atoms with Gasteiger partial charge in [0.05, 0.1) is 0 Å². The Morgan fingerprint density at radius 1 is 1.31 bits per heavy atom. The molecule has 0 radical (unpaired) electrons. The highest BCUT2D eigenvalue weighted by Gasteiger charge is 2.20. The van der Waals surface area contributed by atoms with Crippen LogP contribution in [0.25, 0.3) is 0 Å². The molecule has 0 aromatic heterocycles. The molecule has 1 aromatic rings. The summed E-state index contributed by atoms with van der Waals surface area (Å²) in [4.78, 5) is 0. The Bertz CT molecular complexity index is 361. The molecule has 3 heteroatoms. The summed E-state index contributed by atoms with van der Waals surface area (Å²) in [7, 11) is 0. The first kappa shape index (κ1) is 13.1. The number of hydrogen-bond donors (Lipinski definition) is 1. The molecule has 0 bridgehead atoms. The molecule has 90 valence electrons. The molecule has 0 spiro atoms. The second kappa shape index (κ2) is 4.91. The third-order valence-electron chi connectivity index (χ3n) is 2.92. The minimum atomic E-state index is -0.539. The maximum absolute atomic E-state index is 13.5. The van der Waals surface area contributed by atoms with Gasteiger partial charge in [0.2, 0.25) is 0 Å². The molecular formula is C13H19F2N. The molecule has 0 aliphatic rings. The Kier molecular flexibility index (Phi) is 4.03. The molecule has 0 saturated carbocycles. The Hall–Kier alpha value is -0.960. The molecule has 0 aliphatic carbocycles. The van der Waals surface area contributed by atoms with Crippen LogP contribution in [0, 0.1) is 11.6 Å². The van der Waals surface area contributed by atoms with E-state index in [1.165, 1.54) is 12.1 Å². The molecule has 0 amide bonds. The Morgan fingerprint density at radius 2 is 1.94 bits per heavy atom.